The molecule has 0 aliphatic rings. The second-order valence-electron chi connectivity index (χ2n) is 1.27. The molecule has 0 aliphatic heterocycles. The van der Waals surface area contributed by atoms with E-state index in [1.54, 1.807) is 0 Å². The summed E-state index contributed by atoms with van der Waals surface area (Å²) >= 11 is 0. The van der Waals surface area contributed by atoms with E-state index in [1.807, 2.05) is 0 Å². The van der Waals surface area contributed by atoms with Gasteiger partial charge in [0.1, 0.15) is 0 Å². The number of carbonyl (C=O) groups is 1. The van der Waals surface area contributed by atoms with Crippen molar-refractivity contribution in [2.45, 2.75) is 0 Å². The van der Waals surface area contributed by atoms with E-state index >= 15 is 0 Å². The van der Waals surface area contributed by atoms with Crippen molar-refractivity contribution in [2.75, 3.05) is 0 Å². The zero-order valence-electron chi connectivity index (χ0n) is 16.5. The quantitative estimate of drug-likeness (QED) is 0.313. The maximum atomic E-state index is 9.95. The van der Waals surface area contributed by atoms with Crippen LogP contribution in [0, 0.1) is 0 Å². The van der Waals surface area contributed by atoms with Crippen LogP contribution < -0.4 is 59.1 Å². The number of hydrogen-bond acceptors (Lipinski definition) is 7. The molecule has 0 aromatic carbocycles. The average molecular weight is 426 g/mol. The molecule has 19 heteroatoms. The predicted molar refractivity (Wildman–Crippen MR) is 63.3 cm³/mol. The van der Waals surface area contributed by atoms with Gasteiger partial charge in [-0.2, -0.15) is 16.8 Å². The Bertz CT molecular complexity index is 359. The molecule has 0 atom stereocenters. The molecule has 0 fully saturated rings. The Morgan fingerprint density at radius 1 is 0.750 bits per heavy atom. The van der Waals surface area contributed by atoms with E-state index < -0.39 is 27.0 Å². The summed E-state index contributed by atoms with van der Waals surface area (Å²) in [5.74, 6) is 0. The topological polar surface area (TPSA) is 270 Å². The molecule has 0 aromatic heterocycles. The molecule has 0 aromatic rings. The second-order valence-corrected chi connectivity index (χ2v) is 3.32. The van der Waals surface area contributed by atoms with Crippen LogP contribution >= 0.6 is 0 Å². The van der Waals surface area contributed by atoms with Crippen molar-refractivity contribution in [3.63, 3.8) is 0 Å². The molecule has 20 heavy (non-hydrogen) atoms. The summed E-state index contributed by atoms with van der Waals surface area (Å²) in [6, 6.07) is 0. The summed E-state index contributed by atoms with van der Waals surface area (Å²) in [5, 5.41) is 0. The minimum atomic E-state index is -5.15. The standard InChI is InChI=1S/CH2O9S2.2Ca.2Na.4H2O.6H/c2-1(9-11(3,4)5)10-12(6,7)8;;;;;;;;;;;;;;/h(H,3,4,5)(H,6,7,8);;;;;4*1H2;;;;;;/q;2*+2;2*+1;;;;;6*-1. The fourth-order valence-corrected chi connectivity index (χ4v) is 0.641. The first-order chi connectivity index (χ1) is 5.10. The van der Waals surface area contributed by atoms with Crippen molar-refractivity contribution in [3.05, 3.63) is 0 Å². The van der Waals surface area contributed by atoms with Gasteiger partial charge in [-0.15, -0.1) is 0 Å². The Morgan fingerprint density at radius 3 is 1.00 bits per heavy atom. The number of rotatable bonds is 2. The summed E-state index contributed by atoms with van der Waals surface area (Å²) in [5.41, 5.74) is 0. The molecule has 116 valence electrons. The third kappa shape index (κ3) is 49.6. The molecule has 10 N–H and O–H groups in total. The van der Waals surface area contributed by atoms with Crippen LogP contribution in [0.4, 0.5) is 4.79 Å². The van der Waals surface area contributed by atoms with E-state index in [9.17, 15) is 21.6 Å². The summed E-state index contributed by atoms with van der Waals surface area (Å²) in [7, 11) is -10.3. The first kappa shape index (κ1) is 56.6. The fraction of sp³-hybridized carbons (Fsp3) is 0. The van der Waals surface area contributed by atoms with Gasteiger partial charge in [-0.1, -0.05) is 0 Å². The van der Waals surface area contributed by atoms with E-state index in [0.717, 1.165) is 0 Å². The Balaban J connectivity index is -0.00000000665. The van der Waals surface area contributed by atoms with Crippen LogP contribution in [0.1, 0.15) is 8.56 Å². The van der Waals surface area contributed by atoms with Crippen molar-refractivity contribution in [2.24, 2.45) is 0 Å². The molecular formula is CH16Ca2Na2O13S2. The smallest absolute Gasteiger partial charge is 1.00 e. The summed E-state index contributed by atoms with van der Waals surface area (Å²) in [4.78, 5) is 9.95. The van der Waals surface area contributed by atoms with Crippen LogP contribution in [0.25, 0.3) is 0 Å². The SMILES string of the molecule is O.O.O.O.O=C(OS(=O)(=O)O)OS(=O)(=O)O.[Ca+2].[Ca+2].[H-].[H-].[H-].[H-].[H-].[H-].[Na+].[Na+]. The fourth-order valence-electron chi connectivity index (χ4n) is 0.186. The Morgan fingerprint density at radius 2 is 0.900 bits per heavy atom. The van der Waals surface area contributed by atoms with E-state index in [2.05, 4.69) is 8.37 Å². The minimum Gasteiger partial charge on any atom is -1.00 e. The zero-order chi connectivity index (χ0) is 9.99. The molecule has 0 unspecified atom stereocenters. The molecule has 0 radical (unpaired) electrons. The van der Waals surface area contributed by atoms with Crippen molar-refractivity contribution < 1.29 is 129 Å². The van der Waals surface area contributed by atoms with Gasteiger partial charge in [-0.3, -0.25) is 17.5 Å². The van der Waals surface area contributed by atoms with Crippen LogP contribution in [0.5, 0.6) is 0 Å². The molecule has 0 heterocycles. The summed E-state index contributed by atoms with van der Waals surface area (Å²) in [6.07, 6.45) is -2.29. The van der Waals surface area contributed by atoms with E-state index in [1.165, 1.54) is 0 Å². The van der Waals surface area contributed by atoms with Gasteiger partial charge in [-0.05, 0) is 0 Å². The Hall–Kier alpha value is 3.45. The molecule has 0 amide bonds. The molecule has 0 saturated heterocycles. The van der Waals surface area contributed by atoms with Crippen molar-refractivity contribution in [1.82, 2.24) is 0 Å². The molecule has 13 nitrogen and oxygen atoms in total. The predicted octanol–water partition coefficient (Wildman–Crippen LogP) is -10.6. The van der Waals surface area contributed by atoms with Crippen LogP contribution in [0.3, 0.4) is 0 Å². The molecule has 0 spiro atoms. The monoisotopic (exact) mass is 426 g/mol. The van der Waals surface area contributed by atoms with Crippen LogP contribution in [-0.4, -0.2) is 129 Å². The third-order valence-electron chi connectivity index (χ3n) is 0.347. The van der Waals surface area contributed by atoms with Gasteiger partial charge >= 0.3 is 162 Å². The van der Waals surface area contributed by atoms with Gasteiger partial charge in [0.2, 0.25) is 0 Å². The van der Waals surface area contributed by atoms with Gasteiger partial charge < -0.3 is 30.5 Å². The van der Waals surface area contributed by atoms with E-state index in [-0.39, 0.29) is 165 Å². The van der Waals surface area contributed by atoms with Crippen molar-refractivity contribution in [1.29, 1.82) is 0 Å². The average Bonchev–Trinajstić information content (AvgIpc) is 1.49. The van der Waals surface area contributed by atoms with Gasteiger partial charge in [0.05, 0.1) is 0 Å². The van der Waals surface area contributed by atoms with E-state index in [4.69, 9.17) is 9.11 Å². The first-order valence-electron chi connectivity index (χ1n) is 1.98. The normalized spacial score (nSPS) is 7.30. The molecule has 0 saturated carbocycles. The number of carbonyl (C=O) groups excluding carboxylic acids is 1. The maximum absolute atomic E-state index is 9.95. The molecule has 0 bridgehead atoms. The summed E-state index contributed by atoms with van der Waals surface area (Å²) in [6.45, 7) is 0. The minimum absolute atomic E-state index is 0. The van der Waals surface area contributed by atoms with Crippen molar-refractivity contribution >= 4 is 102 Å². The van der Waals surface area contributed by atoms with Crippen molar-refractivity contribution in [3.8, 4) is 0 Å². The van der Waals surface area contributed by atoms with Gasteiger partial charge in [-0.25, -0.2) is 4.79 Å². The van der Waals surface area contributed by atoms with Crippen LogP contribution in [0.15, 0.2) is 0 Å². The molecular weight excluding hydrogens is 410 g/mol. The Labute approximate surface area is 227 Å². The van der Waals surface area contributed by atoms with Gasteiger partial charge in [0, 0.05) is 0 Å². The van der Waals surface area contributed by atoms with E-state index in [0.29, 0.717) is 0 Å². The third-order valence-corrected chi connectivity index (χ3v) is 1.04. The number of hydrogen-bond donors (Lipinski definition) is 2. The Kier molecular flexibility index (Phi) is 69.9. The van der Waals surface area contributed by atoms with Crippen LogP contribution in [0.2, 0.25) is 0 Å². The molecule has 0 aliphatic carbocycles. The molecule has 0 rings (SSSR count). The van der Waals surface area contributed by atoms with Crippen LogP contribution in [-0.2, 0) is 29.2 Å². The largest absolute Gasteiger partial charge is 2.00 e. The maximum Gasteiger partial charge on any atom is 2.00 e. The first-order valence-corrected chi connectivity index (χ1v) is 4.71. The van der Waals surface area contributed by atoms with Gasteiger partial charge in [0.15, 0.2) is 0 Å². The second kappa shape index (κ2) is 24.7. The van der Waals surface area contributed by atoms with Gasteiger partial charge in [0.25, 0.3) is 0 Å². The summed E-state index contributed by atoms with van der Waals surface area (Å²) < 4.78 is 60.1. The zero-order valence-corrected chi connectivity index (χ0v) is 20.5.